The summed E-state index contributed by atoms with van der Waals surface area (Å²) in [5.41, 5.74) is 6.25. The zero-order valence-corrected chi connectivity index (χ0v) is 14.4. The lowest BCUT2D eigenvalue weighted by atomic mass is 9.88. The van der Waals surface area contributed by atoms with Crippen LogP contribution in [0.5, 0.6) is 0 Å². The molecule has 0 spiro atoms. The molecule has 20 heavy (non-hydrogen) atoms. The average molecular weight is 361 g/mol. The third-order valence-corrected chi connectivity index (χ3v) is 6.79. The van der Waals surface area contributed by atoms with Gasteiger partial charge >= 0.3 is 0 Å². The number of nitrogens with zero attached hydrogens (tertiary/aromatic N) is 1. The fourth-order valence-corrected chi connectivity index (χ4v) is 4.93. The molecule has 3 atom stereocenters. The molecule has 0 saturated carbocycles. The highest BCUT2D eigenvalue weighted by atomic mass is 79.9. The van der Waals surface area contributed by atoms with Gasteiger partial charge in [-0.05, 0) is 59.3 Å². The highest BCUT2D eigenvalue weighted by Gasteiger charge is 2.37. The van der Waals surface area contributed by atoms with Gasteiger partial charge in [0.05, 0.1) is 4.90 Å². The van der Waals surface area contributed by atoms with Gasteiger partial charge in [-0.3, -0.25) is 0 Å². The maximum absolute atomic E-state index is 12.8. The largest absolute Gasteiger partial charge is 0.398 e. The number of hydrogen-bond donors (Lipinski definition) is 1. The van der Waals surface area contributed by atoms with Gasteiger partial charge in [0.25, 0.3) is 0 Å². The summed E-state index contributed by atoms with van der Waals surface area (Å²) >= 11 is 3.29. The molecular formula is C14H21BrN2O2S. The SMILES string of the molecule is CC1CC(C)C(C)N(S(=O)(=O)c2ccc(Br)c(N)c2)C1. The van der Waals surface area contributed by atoms with Crippen molar-refractivity contribution in [1.82, 2.24) is 4.31 Å². The average Bonchev–Trinajstić information content (AvgIpc) is 2.36. The summed E-state index contributed by atoms with van der Waals surface area (Å²) < 4.78 is 27.9. The van der Waals surface area contributed by atoms with Crippen molar-refractivity contribution in [3.05, 3.63) is 22.7 Å². The van der Waals surface area contributed by atoms with E-state index in [0.717, 1.165) is 6.42 Å². The van der Waals surface area contributed by atoms with Crippen molar-refractivity contribution in [2.75, 3.05) is 12.3 Å². The van der Waals surface area contributed by atoms with E-state index in [4.69, 9.17) is 5.73 Å². The predicted octanol–water partition coefficient (Wildman–Crippen LogP) is 3.09. The van der Waals surface area contributed by atoms with Crippen LogP contribution in [-0.4, -0.2) is 25.3 Å². The lowest BCUT2D eigenvalue weighted by Gasteiger charge is -2.40. The van der Waals surface area contributed by atoms with E-state index in [2.05, 4.69) is 29.8 Å². The molecule has 3 unspecified atom stereocenters. The molecule has 0 aromatic heterocycles. The molecule has 1 aliphatic rings. The lowest BCUT2D eigenvalue weighted by molar-refractivity contribution is 0.157. The van der Waals surface area contributed by atoms with E-state index in [0.29, 0.717) is 28.5 Å². The van der Waals surface area contributed by atoms with Crippen LogP contribution >= 0.6 is 15.9 Å². The fraction of sp³-hybridized carbons (Fsp3) is 0.571. The van der Waals surface area contributed by atoms with Crippen LogP contribution in [0.25, 0.3) is 0 Å². The summed E-state index contributed by atoms with van der Waals surface area (Å²) in [7, 11) is -3.48. The normalized spacial score (nSPS) is 28.5. The van der Waals surface area contributed by atoms with Crippen LogP contribution < -0.4 is 5.73 Å². The number of halogens is 1. The molecule has 1 heterocycles. The van der Waals surface area contributed by atoms with E-state index < -0.39 is 10.0 Å². The number of sulfonamides is 1. The molecule has 2 rings (SSSR count). The first-order valence-corrected chi connectivity index (χ1v) is 9.03. The van der Waals surface area contributed by atoms with Crippen molar-refractivity contribution >= 4 is 31.6 Å². The molecule has 0 bridgehead atoms. The Labute approximate surface area is 129 Å². The number of nitrogens with two attached hydrogens (primary N) is 1. The Kier molecular flexibility index (Phi) is 4.47. The van der Waals surface area contributed by atoms with Gasteiger partial charge in [0.1, 0.15) is 0 Å². The zero-order valence-electron chi connectivity index (χ0n) is 12.0. The van der Waals surface area contributed by atoms with Crippen molar-refractivity contribution in [1.29, 1.82) is 0 Å². The van der Waals surface area contributed by atoms with E-state index in [1.165, 1.54) is 6.07 Å². The molecule has 1 aromatic rings. The van der Waals surface area contributed by atoms with Crippen LogP contribution in [0.2, 0.25) is 0 Å². The molecule has 1 aromatic carbocycles. The molecule has 112 valence electrons. The smallest absolute Gasteiger partial charge is 0.243 e. The standard InChI is InChI=1S/C14H21BrN2O2S/c1-9-6-10(2)11(3)17(8-9)20(18,19)12-4-5-13(15)14(16)7-12/h4-5,7,9-11H,6,8,16H2,1-3H3. The van der Waals surface area contributed by atoms with E-state index in [1.807, 2.05) is 6.92 Å². The zero-order chi connectivity index (χ0) is 15.1. The van der Waals surface area contributed by atoms with Gasteiger partial charge in [-0.2, -0.15) is 4.31 Å². The number of nitrogen functional groups attached to an aromatic ring is 1. The summed E-state index contributed by atoms with van der Waals surface area (Å²) in [5.74, 6) is 0.741. The summed E-state index contributed by atoms with van der Waals surface area (Å²) in [4.78, 5) is 0.270. The highest BCUT2D eigenvalue weighted by molar-refractivity contribution is 9.10. The maximum Gasteiger partial charge on any atom is 0.243 e. The Hall–Kier alpha value is -0.590. The number of rotatable bonds is 2. The van der Waals surface area contributed by atoms with Gasteiger partial charge in [0.2, 0.25) is 10.0 Å². The first-order chi connectivity index (χ1) is 9.23. The minimum Gasteiger partial charge on any atom is -0.398 e. The Balaban J connectivity index is 2.40. The second-order valence-corrected chi connectivity index (χ2v) is 8.56. The van der Waals surface area contributed by atoms with Gasteiger partial charge in [0, 0.05) is 22.7 Å². The minimum absolute atomic E-state index is 0.0149. The quantitative estimate of drug-likeness (QED) is 0.824. The summed E-state index contributed by atoms with van der Waals surface area (Å²) in [6.45, 7) is 6.76. The summed E-state index contributed by atoms with van der Waals surface area (Å²) in [6.07, 6.45) is 1.07. The minimum atomic E-state index is -3.48. The van der Waals surface area contributed by atoms with Gasteiger partial charge in [0.15, 0.2) is 0 Å². The summed E-state index contributed by atoms with van der Waals surface area (Å²) in [6, 6.07) is 4.83. The monoisotopic (exact) mass is 360 g/mol. The number of benzene rings is 1. The van der Waals surface area contributed by atoms with Crippen LogP contribution in [0.1, 0.15) is 27.2 Å². The van der Waals surface area contributed by atoms with Crippen molar-refractivity contribution in [3.8, 4) is 0 Å². The van der Waals surface area contributed by atoms with Crippen molar-refractivity contribution in [3.63, 3.8) is 0 Å². The van der Waals surface area contributed by atoms with Crippen LogP contribution in [-0.2, 0) is 10.0 Å². The Morgan fingerprint density at radius 1 is 1.30 bits per heavy atom. The molecule has 0 radical (unpaired) electrons. The molecule has 1 fully saturated rings. The molecule has 1 aliphatic heterocycles. The van der Waals surface area contributed by atoms with Crippen molar-refractivity contribution in [2.24, 2.45) is 11.8 Å². The summed E-state index contributed by atoms with van der Waals surface area (Å²) in [5, 5.41) is 0. The molecule has 1 saturated heterocycles. The van der Waals surface area contributed by atoms with Gasteiger partial charge < -0.3 is 5.73 Å². The first kappa shape index (κ1) is 15.8. The Bertz CT molecular complexity index is 603. The van der Waals surface area contributed by atoms with Crippen molar-refractivity contribution in [2.45, 2.75) is 38.1 Å². The van der Waals surface area contributed by atoms with E-state index >= 15 is 0 Å². The fourth-order valence-electron chi connectivity index (χ4n) is 2.80. The Morgan fingerprint density at radius 2 is 1.95 bits per heavy atom. The second kappa shape index (κ2) is 5.66. The van der Waals surface area contributed by atoms with Crippen LogP contribution in [0, 0.1) is 11.8 Å². The lowest BCUT2D eigenvalue weighted by Crippen LogP contribution is -2.48. The van der Waals surface area contributed by atoms with Crippen molar-refractivity contribution < 1.29 is 8.42 Å². The van der Waals surface area contributed by atoms with Gasteiger partial charge in [-0.1, -0.05) is 13.8 Å². The number of anilines is 1. The third kappa shape index (κ3) is 2.87. The van der Waals surface area contributed by atoms with E-state index in [9.17, 15) is 8.42 Å². The number of hydrogen-bond acceptors (Lipinski definition) is 3. The topological polar surface area (TPSA) is 63.4 Å². The van der Waals surface area contributed by atoms with Gasteiger partial charge in [-0.15, -0.1) is 0 Å². The second-order valence-electron chi connectivity index (χ2n) is 5.82. The molecule has 0 amide bonds. The highest BCUT2D eigenvalue weighted by Crippen LogP contribution is 2.33. The van der Waals surface area contributed by atoms with E-state index in [-0.39, 0.29) is 10.9 Å². The van der Waals surface area contributed by atoms with Crippen LogP contribution in [0.4, 0.5) is 5.69 Å². The predicted molar refractivity (Wildman–Crippen MR) is 84.9 cm³/mol. The molecule has 6 heteroatoms. The van der Waals surface area contributed by atoms with Gasteiger partial charge in [-0.25, -0.2) is 8.42 Å². The van der Waals surface area contributed by atoms with Crippen LogP contribution in [0.15, 0.2) is 27.6 Å². The Morgan fingerprint density at radius 3 is 2.55 bits per heavy atom. The molecular weight excluding hydrogens is 340 g/mol. The van der Waals surface area contributed by atoms with E-state index in [1.54, 1.807) is 16.4 Å². The maximum atomic E-state index is 12.8. The molecule has 2 N–H and O–H groups in total. The first-order valence-electron chi connectivity index (χ1n) is 6.80. The van der Waals surface area contributed by atoms with Crippen LogP contribution in [0.3, 0.4) is 0 Å². The molecule has 0 aliphatic carbocycles. The molecule has 4 nitrogen and oxygen atoms in total. The third-order valence-electron chi connectivity index (χ3n) is 4.12. The number of piperidine rings is 1.